The molecule has 11 heteroatoms. The van der Waals surface area contributed by atoms with E-state index >= 15 is 0 Å². The molecule has 0 radical (unpaired) electrons. The van der Waals surface area contributed by atoms with Crippen LogP contribution in [0.2, 0.25) is 0 Å². The largest absolute Gasteiger partial charge is 0.434 e. The molecule has 4 aliphatic rings. The first-order valence-electron chi connectivity index (χ1n) is 16.7. The van der Waals surface area contributed by atoms with Crippen molar-refractivity contribution in [1.82, 2.24) is 35.4 Å². The smallest absolute Gasteiger partial charge is 0.282 e. The molecule has 4 fully saturated rings. The van der Waals surface area contributed by atoms with Gasteiger partial charge in [-0.15, -0.1) is 10.2 Å². The number of carbonyl (C=O) groups is 1. The van der Waals surface area contributed by atoms with Gasteiger partial charge in [0.15, 0.2) is 5.82 Å². The van der Waals surface area contributed by atoms with E-state index < -0.39 is 0 Å². The molecule has 0 bridgehead atoms. The highest BCUT2D eigenvalue weighted by Gasteiger charge is 2.53. The number of amides is 1. The lowest BCUT2D eigenvalue weighted by Gasteiger charge is -2.57. The Hall–Kier alpha value is -3.73. The molecule has 7 rings (SSSR count). The highest BCUT2D eigenvalue weighted by molar-refractivity contribution is 5.81. The van der Waals surface area contributed by atoms with Crippen LogP contribution in [0, 0.1) is 28.5 Å². The summed E-state index contributed by atoms with van der Waals surface area (Å²) in [5.41, 5.74) is 2.14. The van der Waals surface area contributed by atoms with Crippen LogP contribution in [0.4, 0.5) is 10.2 Å². The molecule has 2 aliphatic carbocycles. The van der Waals surface area contributed by atoms with Crippen LogP contribution in [0.1, 0.15) is 78.3 Å². The van der Waals surface area contributed by atoms with Gasteiger partial charge in [0.1, 0.15) is 24.2 Å². The molecular formula is C35H45FN8O2. The summed E-state index contributed by atoms with van der Waals surface area (Å²) in [6.45, 7) is 14.4. The number of nitrogens with one attached hydrogen (secondary N) is 1. The lowest BCUT2D eigenvalue weighted by atomic mass is 9.68. The Morgan fingerprint density at radius 1 is 1.09 bits per heavy atom. The SMILES string of the molecule is CC(C)[C@H](C1CC(NC(=O)C(C)(C)C)C1)N1CC2(CCN(c3ncnnc3Oc3ccc(F)cc3-c3cncnc3C3CC3)C2)C1. The molecule has 1 N–H and O–H groups in total. The van der Waals surface area contributed by atoms with Crippen molar-refractivity contribution in [2.75, 3.05) is 31.1 Å². The standard InChI is InChI=1S/C35H45FN8O2/c1-21(2)30(23-12-25(13-23)41-33(45)34(3,4)5)44-17-35(18-44)10-11-43(16-35)31-32(42-40-20-39-31)46-28-9-8-24(36)14-26(28)27-15-37-19-38-29(27)22-6-7-22/h8-9,14-15,19-23,25,30H,6-7,10-13,16-18H2,1-5H3,(H,41,45)/t23?,25?,30-/m1/s1. The summed E-state index contributed by atoms with van der Waals surface area (Å²) in [5, 5.41) is 11.6. The van der Waals surface area contributed by atoms with Gasteiger partial charge in [0.25, 0.3) is 5.88 Å². The molecule has 1 aromatic carbocycles. The quantitative estimate of drug-likeness (QED) is 0.323. The molecule has 0 unspecified atom stereocenters. The summed E-state index contributed by atoms with van der Waals surface area (Å²) >= 11 is 0. The number of benzene rings is 1. The Bertz CT molecular complexity index is 1590. The van der Waals surface area contributed by atoms with Crippen molar-refractivity contribution in [2.45, 2.75) is 84.7 Å². The van der Waals surface area contributed by atoms with Gasteiger partial charge in [-0.1, -0.05) is 34.6 Å². The molecule has 1 spiro atoms. The van der Waals surface area contributed by atoms with E-state index in [2.05, 4.69) is 54.1 Å². The second-order valence-corrected chi connectivity index (χ2v) is 15.4. The van der Waals surface area contributed by atoms with E-state index in [4.69, 9.17) is 4.74 Å². The lowest BCUT2D eigenvalue weighted by Crippen LogP contribution is -2.65. The fraction of sp³-hybridized carbons (Fsp3) is 0.600. The summed E-state index contributed by atoms with van der Waals surface area (Å²) < 4.78 is 20.9. The molecule has 3 aromatic rings. The molecule has 244 valence electrons. The van der Waals surface area contributed by atoms with Crippen molar-refractivity contribution >= 4 is 11.7 Å². The molecule has 2 saturated heterocycles. The van der Waals surface area contributed by atoms with E-state index in [1.165, 1.54) is 18.5 Å². The van der Waals surface area contributed by atoms with Crippen LogP contribution in [-0.2, 0) is 4.79 Å². The molecule has 2 aliphatic heterocycles. The number of ether oxygens (including phenoxy) is 1. The van der Waals surface area contributed by atoms with Gasteiger partial charge in [-0.25, -0.2) is 19.3 Å². The van der Waals surface area contributed by atoms with Gasteiger partial charge in [0, 0.05) is 72.3 Å². The van der Waals surface area contributed by atoms with Gasteiger partial charge in [0.05, 0.1) is 5.69 Å². The van der Waals surface area contributed by atoms with Crippen LogP contribution in [-0.4, -0.2) is 74.2 Å². The van der Waals surface area contributed by atoms with E-state index in [9.17, 15) is 9.18 Å². The number of aromatic nitrogens is 5. The Balaban J connectivity index is 1.03. The van der Waals surface area contributed by atoms with Crippen molar-refractivity contribution in [3.05, 3.63) is 48.6 Å². The first kappa shape index (κ1) is 30.9. The monoisotopic (exact) mass is 628 g/mol. The van der Waals surface area contributed by atoms with Crippen LogP contribution in [0.3, 0.4) is 0 Å². The van der Waals surface area contributed by atoms with E-state index in [1.807, 2.05) is 20.8 Å². The van der Waals surface area contributed by atoms with Crippen LogP contribution in [0.25, 0.3) is 11.1 Å². The van der Waals surface area contributed by atoms with Crippen molar-refractivity contribution in [3.63, 3.8) is 0 Å². The average Bonchev–Trinajstić information content (AvgIpc) is 3.74. The minimum atomic E-state index is -0.359. The van der Waals surface area contributed by atoms with Gasteiger partial charge < -0.3 is 15.0 Å². The maximum absolute atomic E-state index is 14.5. The molecular weight excluding hydrogens is 583 g/mol. The molecule has 2 saturated carbocycles. The van der Waals surface area contributed by atoms with Gasteiger partial charge in [0.2, 0.25) is 5.91 Å². The van der Waals surface area contributed by atoms with Gasteiger partial charge in [-0.2, -0.15) is 0 Å². The minimum absolute atomic E-state index is 0.140. The molecule has 1 amide bonds. The number of rotatable bonds is 9. The zero-order chi connectivity index (χ0) is 32.2. The van der Waals surface area contributed by atoms with E-state index in [1.54, 1.807) is 18.6 Å². The van der Waals surface area contributed by atoms with E-state index in [0.717, 1.165) is 69.5 Å². The van der Waals surface area contributed by atoms with Gasteiger partial charge in [-0.3, -0.25) is 9.69 Å². The second kappa shape index (κ2) is 11.8. The fourth-order valence-electron chi connectivity index (χ4n) is 7.80. The lowest BCUT2D eigenvalue weighted by molar-refractivity contribution is -0.131. The number of anilines is 1. The zero-order valence-corrected chi connectivity index (χ0v) is 27.5. The first-order valence-corrected chi connectivity index (χ1v) is 16.7. The number of halogens is 1. The molecule has 1 atom stereocenters. The Labute approximate surface area is 270 Å². The summed E-state index contributed by atoms with van der Waals surface area (Å²) in [7, 11) is 0. The van der Waals surface area contributed by atoms with Crippen LogP contribution >= 0.6 is 0 Å². The Morgan fingerprint density at radius 2 is 1.87 bits per heavy atom. The topological polar surface area (TPSA) is 109 Å². The number of carbonyl (C=O) groups excluding carboxylic acids is 1. The highest BCUT2D eigenvalue weighted by Crippen LogP contribution is 2.48. The normalized spacial score (nSPS) is 23.2. The van der Waals surface area contributed by atoms with Crippen molar-refractivity contribution in [3.8, 4) is 22.8 Å². The third-order valence-electron chi connectivity index (χ3n) is 10.3. The maximum Gasteiger partial charge on any atom is 0.282 e. The van der Waals surface area contributed by atoms with Gasteiger partial charge >= 0.3 is 0 Å². The van der Waals surface area contributed by atoms with E-state index in [0.29, 0.717) is 46.8 Å². The first-order chi connectivity index (χ1) is 22.0. The van der Waals surface area contributed by atoms with Crippen molar-refractivity contribution < 1.29 is 13.9 Å². The zero-order valence-electron chi connectivity index (χ0n) is 27.5. The summed E-state index contributed by atoms with van der Waals surface area (Å²) in [5.74, 6) is 2.74. The Morgan fingerprint density at radius 3 is 2.59 bits per heavy atom. The van der Waals surface area contributed by atoms with Crippen LogP contribution < -0.4 is 15.0 Å². The maximum atomic E-state index is 14.5. The average molecular weight is 629 g/mol. The second-order valence-electron chi connectivity index (χ2n) is 15.4. The molecule has 2 aromatic heterocycles. The fourth-order valence-corrected chi connectivity index (χ4v) is 7.80. The third kappa shape index (κ3) is 6.06. The third-order valence-corrected chi connectivity index (χ3v) is 10.3. The predicted molar refractivity (Wildman–Crippen MR) is 173 cm³/mol. The van der Waals surface area contributed by atoms with Crippen molar-refractivity contribution in [1.29, 1.82) is 0 Å². The number of hydrogen-bond acceptors (Lipinski definition) is 9. The number of likely N-dealkylation sites (tertiary alicyclic amines) is 1. The minimum Gasteiger partial charge on any atom is -0.434 e. The van der Waals surface area contributed by atoms with Crippen molar-refractivity contribution in [2.24, 2.45) is 22.7 Å². The summed E-state index contributed by atoms with van der Waals surface area (Å²) in [6, 6.07) is 5.31. The van der Waals surface area contributed by atoms with Crippen LogP contribution in [0.15, 0.2) is 37.1 Å². The summed E-state index contributed by atoms with van der Waals surface area (Å²) in [6.07, 6.45) is 10.1. The number of nitrogens with zero attached hydrogens (tertiary/aromatic N) is 7. The van der Waals surface area contributed by atoms with E-state index in [-0.39, 0.29) is 28.6 Å². The Kier molecular flexibility index (Phi) is 7.93. The highest BCUT2D eigenvalue weighted by atomic mass is 19.1. The van der Waals surface area contributed by atoms with Gasteiger partial charge in [-0.05, 0) is 62.1 Å². The van der Waals surface area contributed by atoms with Crippen LogP contribution in [0.5, 0.6) is 11.6 Å². The number of hydrogen-bond donors (Lipinski definition) is 1. The molecule has 10 nitrogen and oxygen atoms in total. The molecule has 46 heavy (non-hydrogen) atoms. The predicted octanol–water partition coefficient (Wildman–Crippen LogP) is 5.62. The summed E-state index contributed by atoms with van der Waals surface area (Å²) in [4.78, 5) is 30.8. The molecule has 4 heterocycles.